The second kappa shape index (κ2) is 10.7. The number of rotatable bonds is 10. The van der Waals surface area contributed by atoms with E-state index in [0.29, 0.717) is 0 Å². The van der Waals surface area contributed by atoms with Crippen LogP contribution in [0.5, 0.6) is 0 Å². The molecule has 1 atom stereocenters. The van der Waals surface area contributed by atoms with Crippen LogP contribution in [-0.2, 0) is 0 Å². The normalized spacial score (nSPS) is 25.4. The Morgan fingerprint density at radius 3 is 2.16 bits per heavy atom. The van der Waals surface area contributed by atoms with E-state index in [1.807, 2.05) is 0 Å². The third-order valence-corrected chi connectivity index (χ3v) is 5.17. The van der Waals surface area contributed by atoms with E-state index in [4.69, 9.17) is 0 Å². The summed E-state index contributed by atoms with van der Waals surface area (Å²) in [5, 5.41) is 3.61. The third kappa shape index (κ3) is 6.79. The molecule has 0 aliphatic heterocycles. The number of hydrogen-bond acceptors (Lipinski definition) is 1. The van der Waals surface area contributed by atoms with Crippen LogP contribution in [0, 0.1) is 11.8 Å². The van der Waals surface area contributed by atoms with Crippen molar-refractivity contribution in [2.45, 2.75) is 96.9 Å². The van der Waals surface area contributed by atoms with Gasteiger partial charge in [-0.05, 0) is 38.1 Å². The molecule has 0 bridgehead atoms. The van der Waals surface area contributed by atoms with Gasteiger partial charge in [-0.15, -0.1) is 0 Å². The lowest BCUT2D eigenvalue weighted by molar-refractivity contribution is 0.209. The van der Waals surface area contributed by atoms with Crippen molar-refractivity contribution in [2.24, 2.45) is 11.8 Å². The minimum atomic E-state index is 0.795. The van der Waals surface area contributed by atoms with Crippen LogP contribution in [0.1, 0.15) is 90.9 Å². The molecule has 0 radical (unpaired) electrons. The number of unbranched alkanes of at least 4 members (excludes halogenated alkanes) is 4. The fraction of sp³-hybridized carbons (Fsp3) is 1.00. The summed E-state index contributed by atoms with van der Waals surface area (Å²) in [5.74, 6) is 2.01. The van der Waals surface area contributed by atoms with Gasteiger partial charge in [-0.3, -0.25) is 0 Å². The van der Waals surface area contributed by atoms with Gasteiger partial charge in [-0.1, -0.05) is 71.6 Å². The van der Waals surface area contributed by atoms with Crippen LogP contribution in [0.3, 0.4) is 0 Å². The smallest absolute Gasteiger partial charge is 0.00923 e. The maximum Gasteiger partial charge on any atom is 0.00923 e. The van der Waals surface area contributed by atoms with Crippen LogP contribution in [-0.4, -0.2) is 13.1 Å². The lowest BCUT2D eigenvalue weighted by Crippen LogP contribution is -2.35. The van der Waals surface area contributed by atoms with Gasteiger partial charge < -0.3 is 5.32 Å². The van der Waals surface area contributed by atoms with E-state index in [-0.39, 0.29) is 0 Å². The zero-order valence-corrected chi connectivity index (χ0v) is 13.7. The number of nitrogens with one attached hydrogen (secondary N) is 1. The second-order valence-corrected chi connectivity index (χ2v) is 6.67. The summed E-state index contributed by atoms with van der Waals surface area (Å²) >= 11 is 0. The quantitative estimate of drug-likeness (QED) is 0.512. The van der Waals surface area contributed by atoms with Crippen molar-refractivity contribution in [3.05, 3.63) is 0 Å². The fourth-order valence-corrected chi connectivity index (χ4v) is 3.78. The summed E-state index contributed by atoms with van der Waals surface area (Å²) in [6.45, 7) is 4.62. The van der Waals surface area contributed by atoms with Gasteiger partial charge in [0.2, 0.25) is 0 Å². The first-order valence-electron chi connectivity index (χ1n) is 8.99. The zero-order valence-electron chi connectivity index (χ0n) is 13.7. The first-order chi connectivity index (χ1) is 9.31. The molecule has 0 spiro atoms. The predicted octanol–water partition coefficient (Wildman–Crippen LogP) is 5.54. The van der Waals surface area contributed by atoms with E-state index in [2.05, 4.69) is 26.2 Å². The van der Waals surface area contributed by atoms with Crippen molar-refractivity contribution in [1.82, 2.24) is 5.32 Å². The van der Waals surface area contributed by atoms with Crippen molar-refractivity contribution >= 4 is 0 Å². The zero-order chi connectivity index (χ0) is 13.9. The Kier molecular flexibility index (Phi) is 9.59. The van der Waals surface area contributed by atoms with E-state index >= 15 is 0 Å². The fourth-order valence-electron chi connectivity index (χ4n) is 3.78. The van der Waals surface area contributed by atoms with Crippen molar-refractivity contribution in [3.8, 4) is 0 Å². The Morgan fingerprint density at radius 2 is 1.58 bits per heavy atom. The molecule has 1 nitrogen and oxygen atoms in total. The average Bonchev–Trinajstić information content (AvgIpc) is 2.46. The molecule has 19 heavy (non-hydrogen) atoms. The van der Waals surface area contributed by atoms with Crippen molar-refractivity contribution in [3.63, 3.8) is 0 Å². The first-order valence-corrected chi connectivity index (χ1v) is 8.99. The lowest BCUT2D eigenvalue weighted by atomic mass is 9.76. The Hall–Kier alpha value is -0.0400. The minimum absolute atomic E-state index is 0.795. The highest BCUT2D eigenvalue weighted by Crippen LogP contribution is 2.34. The highest BCUT2D eigenvalue weighted by molar-refractivity contribution is 4.81. The highest BCUT2D eigenvalue weighted by Gasteiger charge is 2.26. The standard InChI is InChI=1S/C18H37N/c1-4-6-8-9-11-18(19-3)17-14-12-16(13-15-17)10-7-5-2/h16-19H,4-15H2,1-3H3. The van der Waals surface area contributed by atoms with Crippen LogP contribution in [0.4, 0.5) is 0 Å². The molecule has 1 saturated carbocycles. The minimum Gasteiger partial charge on any atom is -0.317 e. The molecule has 0 amide bonds. The molecule has 1 aliphatic rings. The van der Waals surface area contributed by atoms with Gasteiger partial charge in [0, 0.05) is 6.04 Å². The molecule has 1 aliphatic carbocycles. The van der Waals surface area contributed by atoms with Gasteiger partial charge in [-0.2, -0.15) is 0 Å². The molecular formula is C18H37N. The molecule has 0 heterocycles. The Labute approximate surface area is 121 Å². The molecule has 1 N–H and O–H groups in total. The molecule has 1 heteroatoms. The first kappa shape index (κ1) is 17.0. The summed E-state index contributed by atoms with van der Waals surface area (Å²) < 4.78 is 0. The van der Waals surface area contributed by atoms with Crippen LogP contribution < -0.4 is 5.32 Å². The molecule has 114 valence electrons. The van der Waals surface area contributed by atoms with Crippen LogP contribution >= 0.6 is 0 Å². The van der Waals surface area contributed by atoms with Gasteiger partial charge in [0.05, 0.1) is 0 Å². The molecule has 1 fully saturated rings. The summed E-state index contributed by atoms with van der Waals surface area (Å²) in [7, 11) is 2.17. The van der Waals surface area contributed by atoms with Gasteiger partial charge in [-0.25, -0.2) is 0 Å². The molecule has 1 unspecified atom stereocenters. The van der Waals surface area contributed by atoms with Gasteiger partial charge in [0.25, 0.3) is 0 Å². The second-order valence-electron chi connectivity index (χ2n) is 6.67. The maximum absolute atomic E-state index is 3.61. The van der Waals surface area contributed by atoms with Gasteiger partial charge >= 0.3 is 0 Å². The molecule has 0 aromatic heterocycles. The predicted molar refractivity (Wildman–Crippen MR) is 86.6 cm³/mol. The Bertz CT molecular complexity index is 194. The summed E-state index contributed by atoms with van der Waals surface area (Å²) in [6.07, 6.45) is 17.3. The summed E-state index contributed by atoms with van der Waals surface area (Å²) in [4.78, 5) is 0. The Balaban J connectivity index is 2.19. The van der Waals surface area contributed by atoms with Crippen molar-refractivity contribution in [2.75, 3.05) is 7.05 Å². The van der Waals surface area contributed by atoms with Crippen molar-refractivity contribution in [1.29, 1.82) is 0 Å². The average molecular weight is 268 g/mol. The molecule has 0 aromatic carbocycles. The summed E-state index contributed by atoms with van der Waals surface area (Å²) in [6, 6.07) is 0.795. The molecule has 1 rings (SSSR count). The summed E-state index contributed by atoms with van der Waals surface area (Å²) in [5.41, 5.74) is 0. The lowest BCUT2D eigenvalue weighted by Gasteiger charge is -2.34. The largest absolute Gasteiger partial charge is 0.317 e. The molecule has 0 aromatic rings. The molecular weight excluding hydrogens is 230 g/mol. The van der Waals surface area contributed by atoms with Crippen LogP contribution in [0.2, 0.25) is 0 Å². The SMILES string of the molecule is CCCCCCC(NC)C1CCC(CCCC)CC1. The van der Waals surface area contributed by atoms with E-state index in [9.17, 15) is 0 Å². The van der Waals surface area contributed by atoms with Crippen LogP contribution in [0.25, 0.3) is 0 Å². The monoisotopic (exact) mass is 267 g/mol. The van der Waals surface area contributed by atoms with Crippen LogP contribution in [0.15, 0.2) is 0 Å². The number of hydrogen-bond donors (Lipinski definition) is 1. The highest BCUT2D eigenvalue weighted by atomic mass is 14.9. The van der Waals surface area contributed by atoms with Gasteiger partial charge in [0.1, 0.15) is 0 Å². The maximum atomic E-state index is 3.61. The van der Waals surface area contributed by atoms with Gasteiger partial charge in [0.15, 0.2) is 0 Å². The topological polar surface area (TPSA) is 12.0 Å². The van der Waals surface area contributed by atoms with E-state index in [0.717, 1.165) is 17.9 Å². The van der Waals surface area contributed by atoms with E-state index < -0.39 is 0 Å². The van der Waals surface area contributed by atoms with Crippen molar-refractivity contribution < 1.29 is 0 Å². The third-order valence-electron chi connectivity index (χ3n) is 5.17. The Morgan fingerprint density at radius 1 is 0.895 bits per heavy atom. The molecule has 0 saturated heterocycles. The van der Waals surface area contributed by atoms with E-state index in [1.165, 1.54) is 77.0 Å². The van der Waals surface area contributed by atoms with E-state index in [1.54, 1.807) is 0 Å².